The van der Waals surface area contributed by atoms with Crippen LogP contribution in [-0.4, -0.2) is 38.4 Å². The topological polar surface area (TPSA) is 47.6 Å². The Bertz CT molecular complexity index is 389. The summed E-state index contributed by atoms with van der Waals surface area (Å²) in [6.07, 6.45) is 10.8. The van der Waals surface area contributed by atoms with E-state index in [1.54, 1.807) is 7.05 Å². The van der Waals surface area contributed by atoms with Crippen LogP contribution in [-0.2, 0) is 14.3 Å². The molecule has 1 saturated heterocycles. The fraction of sp³-hybridized carbons (Fsp3) is 0.688. The summed E-state index contributed by atoms with van der Waals surface area (Å²) < 4.78 is 11.2. The molecule has 0 aromatic rings. The number of carbonyl (C=O) groups is 1. The zero-order valence-corrected chi connectivity index (χ0v) is 12.4. The highest BCUT2D eigenvalue weighted by molar-refractivity contribution is 5.76. The van der Waals surface area contributed by atoms with E-state index in [0.717, 1.165) is 25.7 Å². The Kier molecular flexibility index (Phi) is 5.80. The van der Waals surface area contributed by atoms with Crippen molar-refractivity contribution in [2.24, 2.45) is 5.92 Å². The van der Waals surface area contributed by atoms with Crippen LogP contribution in [0.4, 0.5) is 0 Å². The van der Waals surface area contributed by atoms with Crippen molar-refractivity contribution in [1.29, 1.82) is 0 Å². The van der Waals surface area contributed by atoms with E-state index in [2.05, 4.69) is 23.5 Å². The molecule has 0 aromatic heterocycles. The number of cyclic esters (lactones) is 1. The van der Waals surface area contributed by atoms with Gasteiger partial charge in [-0.3, -0.25) is 4.79 Å². The van der Waals surface area contributed by atoms with E-state index >= 15 is 0 Å². The fourth-order valence-electron chi connectivity index (χ4n) is 2.78. The van der Waals surface area contributed by atoms with Crippen LogP contribution in [0, 0.1) is 5.92 Å². The van der Waals surface area contributed by atoms with E-state index in [0.29, 0.717) is 19.1 Å². The molecule has 1 fully saturated rings. The predicted octanol–water partition coefficient (Wildman–Crippen LogP) is 2.21. The minimum Gasteiger partial charge on any atom is -0.461 e. The number of rotatable bonds is 3. The largest absolute Gasteiger partial charge is 0.461 e. The van der Waals surface area contributed by atoms with E-state index < -0.39 is 0 Å². The van der Waals surface area contributed by atoms with Crippen LogP contribution in [0.25, 0.3) is 0 Å². The zero-order chi connectivity index (χ0) is 14.4. The Balaban J connectivity index is 1.95. The van der Waals surface area contributed by atoms with Gasteiger partial charge in [0.1, 0.15) is 6.04 Å². The van der Waals surface area contributed by atoms with Crippen molar-refractivity contribution in [1.82, 2.24) is 5.32 Å². The molecule has 4 nitrogen and oxygen atoms in total. The van der Waals surface area contributed by atoms with E-state index in [9.17, 15) is 4.79 Å². The maximum absolute atomic E-state index is 11.9. The molecule has 0 radical (unpaired) electrons. The molecular formula is C16H25NO3. The lowest BCUT2D eigenvalue weighted by Crippen LogP contribution is -2.40. The molecule has 4 heteroatoms. The van der Waals surface area contributed by atoms with E-state index in [1.165, 1.54) is 5.57 Å². The minimum atomic E-state index is -0.356. The molecule has 2 aliphatic rings. The molecule has 0 aromatic carbocycles. The summed E-state index contributed by atoms with van der Waals surface area (Å²) in [6, 6.07) is -0.356. The zero-order valence-electron chi connectivity index (χ0n) is 12.4. The SMILES string of the molecule is CN[C@H]1COCC(CC2=CCCC=C2)CC(C)OC1=O. The molecule has 0 saturated carbocycles. The molecule has 0 amide bonds. The highest BCUT2D eigenvalue weighted by atomic mass is 16.5. The highest BCUT2D eigenvalue weighted by Gasteiger charge is 2.25. The molecule has 0 spiro atoms. The maximum atomic E-state index is 11.9. The molecule has 112 valence electrons. The molecule has 3 atom stereocenters. The van der Waals surface area contributed by atoms with Gasteiger partial charge in [-0.15, -0.1) is 0 Å². The third kappa shape index (κ3) is 4.46. The monoisotopic (exact) mass is 279 g/mol. The lowest BCUT2D eigenvalue weighted by atomic mass is 9.92. The number of ether oxygens (including phenoxy) is 2. The van der Waals surface area contributed by atoms with Crippen LogP contribution in [0.3, 0.4) is 0 Å². The van der Waals surface area contributed by atoms with Gasteiger partial charge in [-0.25, -0.2) is 0 Å². The second-order valence-corrected chi connectivity index (χ2v) is 5.69. The first-order valence-corrected chi connectivity index (χ1v) is 7.50. The van der Waals surface area contributed by atoms with Gasteiger partial charge in [0.15, 0.2) is 0 Å². The summed E-state index contributed by atoms with van der Waals surface area (Å²) in [5, 5.41) is 2.94. The van der Waals surface area contributed by atoms with Crippen molar-refractivity contribution < 1.29 is 14.3 Å². The summed E-state index contributed by atoms with van der Waals surface area (Å²) in [7, 11) is 1.76. The molecule has 0 bridgehead atoms. The molecule has 2 unspecified atom stereocenters. The van der Waals surface area contributed by atoms with Crippen molar-refractivity contribution in [3.63, 3.8) is 0 Å². The quantitative estimate of drug-likeness (QED) is 0.805. The summed E-state index contributed by atoms with van der Waals surface area (Å²) in [6.45, 7) is 3.03. The molecular weight excluding hydrogens is 254 g/mol. The molecule has 1 aliphatic heterocycles. The van der Waals surface area contributed by atoms with Gasteiger partial charge >= 0.3 is 5.97 Å². The van der Waals surface area contributed by atoms with Crippen LogP contribution in [0.2, 0.25) is 0 Å². The summed E-state index contributed by atoms with van der Waals surface area (Å²) in [4.78, 5) is 11.9. The van der Waals surface area contributed by atoms with E-state index in [-0.39, 0.29) is 18.1 Å². The summed E-state index contributed by atoms with van der Waals surface area (Å²) in [5.41, 5.74) is 1.38. The lowest BCUT2D eigenvalue weighted by Gasteiger charge is -2.20. The standard InChI is InChI=1S/C16H25NO3/c1-12-8-14(9-13-6-4-3-5-7-13)10-19-11-15(17-2)16(18)20-12/h4,6-7,12,14-15,17H,3,5,8-11H2,1-2H3/t12?,14?,15-/m0/s1. The number of allylic oxidation sites excluding steroid dienone is 4. The van der Waals surface area contributed by atoms with Crippen LogP contribution < -0.4 is 5.32 Å². The van der Waals surface area contributed by atoms with Gasteiger partial charge in [-0.1, -0.05) is 23.8 Å². The smallest absolute Gasteiger partial charge is 0.325 e. The van der Waals surface area contributed by atoms with Crippen molar-refractivity contribution in [2.75, 3.05) is 20.3 Å². The number of likely N-dealkylation sites (N-methyl/N-ethyl adjacent to an activating group) is 1. The van der Waals surface area contributed by atoms with E-state index in [4.69, 9.17) is 9.47 Å². The maximum Gasteiger partial charge on any atom is 0.325 e. The van der Waals surface area contributed by atoms with Gasteiger partial charge in [0, 0.05) is 6.61 Å². The average molecular weight is 279 g/mol. The average Bonchev–Trinajstić information content (AvgIpc) is 2.49. The summed E-state index contributed by atoms with van der Waals surface area (Å²) in [5.74, 6) is 0.194. The van der Waals surface area contributed by atoms with Crippen LogP contribution in [0.15, 0.2) is 23.8 Å². The van der Waals surface area contributed by atoms with Crippen molar-refractivity contribution in [3.05, 3.63) is 23.8 Å². The fourth-order valence-corrected chi connectivity index (χ4v) is 2.78. The van der Waals surface area contributed by atoms with Gasteiger partial charge in [0.25, 0.3) is 0 Å². The first kappa shape index (κ1) is 15.3. The molecule has 1 heterocycles. The predicted molar refractivity (Wildman–Crippen MR) is 78.4 cm³/mol. The Morgan fingerprint density at radius 2 is 2.20 bits per heavy atom. The van der Waals surface area contributed by atoms with Gasteiger partial charge in [-0.05, 0) is 45.6 Å². The number of hydrogen-bond donors (Lipinski definition) is 1. The number of nitrogens with one attached hydrogen (secondary N) is 1. The molecule has 2 rings (SSSR count). The Labute approximate surface area is 121 Å². The Morgan fingerprint density at radius 3 is 2.90 bits per heavy atom. The first-order chi connectivity index (χ1) is 9.69. The Morgan fingerprint density at radius 1 is 1.35 bits per heavy atom. The van der Waals surface area contributed by atoms with Crippen LogP contribution in [0.5, 0.6) is 0 Å². The van der Waals surface area contributed by atoms with Crippen LogP contribution >= 0.6 is 0 Å². The highest BCUT2D eigenvalue weighted by Crippen LogP contribution is 2.24. The second-order valence-electron chi connectivity index (χ2n) is 5.69. The molecule has 20 heavy (non-hydrogen) atoms. The molecule has 1 aliphatic carbocycles. The minimum absolute atomic E-state index is 0.0572. The third-order valence-electron chi connectivity index (χ3n) is 3.85. The van der Waals surface area contributed by atoms with E-state index in [1.807, 2.05) is 6.92 Å². The van der Waals surface area contributed by atoms with Gasteiger partial charge in [0.2, 0.25) is 0 Å². The van der Waals surface area contributed by atoms with Crippen molar-refractivity contribution in [2.45, 2.75) is 44.8 Å². The normalized spacial score (nSPS) is 31.8. The van der Waals surface area contributed by atoms with Crippen molar-refractivity contribution >= 4 is 5.97 Å². The second kappa shape index (κ2) is 7.60. The number of carbonyl (C=O) groups excluding carboxylic acids is 1. The molecule has 1 N–H and O–H groups in total. The summed E-state index contributed by atoms with van der Waals surface area (Å²) >= 11 is 0. The third-order valence-corrected chi connectivity index (χ3v) is 3.85. The van der Waals surface area contributed by atoms with Crippen molar-refractivity contribution in [3.8, 4) is 0 Å². The lowest BCUT2D eigenvalue weighted by molar-refractivity contribution is -0.151. The first-order valence-electron chi connectivity index (χ1n) is 7.50. The van der Waals surface area contributed by atoms with Gasteiger partial charge < -0.3 is 14.8 Å². The van der Waals surface area contributed by atoms with Gasteiger partial charge in [-0.2, -0.15) is 0 Å². The Hall–Kier alpha value is -1.13. The van der Waals surface area contributed by atoms with Gasteiger partial charge in [0.05, 0.1) is 12.7 Å². The van der Waals surface area contributed by atoms with Crippen LogP contribution in [0.1, 0.15) is 32.6 Å². The number of hydrogen-bond acceptors (Lipinski definition) is 4. The number of esters is 1.